The Balaban J connectivity index is 2.40. The Kier molecular flexibility index (Phi) is 12.1. The minimum Gasteiger partial charge on any atom is -0.396 e. The molecule has 0 aromatic carbocycles. The zero-order chi connectivity index (χ0) is 20.1. The largest absolute Gasteiger partial charge is 0.396 e. The molecule has 2 unspecified atom stereocenters. The van der Waals surface area contributed by atoms with Crippen molar-refractivity contribution in [1.82, 2.24) is 0 Å². The predicted octanol–water partition coefficient (Wildman–Crippen LogP) is 2.98. The number of hydrogen-bond donors (Lipinski definition) is 3. The molecule has 27 heavy (non-hydrogen) atoms. The van der Waals surface area contributed by atoms with E-state index in [1.165, 1.54) is 0 Å². The van der Waals surface area contributed by atoms with Crippen LogP contribution in [0, 0.1) is 17.8 Å². The zero-order valence-corrected chi connectivity index (χ0v) is 16.6. The van der Waals surface area contributed by atoms with Crippen LogP contribution in [0.15, 0.2) is 24.3 Å². The average Bonchev–Trinajstić information content (AvgIpc) is 3.02. The van der Waals surface area contributed by atoms with Gasteiger partial charge in [-0.1, -0.05) is 44.1 Å². The number of allylic oxidation sites excluding steroid dienone is 3. The van der Waals surface area contributed by atoms with Gasteiger partial charge in [-0.15, -0.1) is 0 Å². The molecule has 0 aliphatic heterocycles. The minimum absolute atomic E-state index is 0.00185. The Bertz CT molecular complexity index is 497. The van der Waals surface area contributed by atoms with Crippen molar-refractivity contribution in [3.63, 3.8) is 0 Å². The maximum absolute atomic E-state index is 12.1. The Hall–Kier alpha value is -1.30. The first kappa shape index (κ1) is 23.7. The second-order valence-corrected chi connectivity index (χ2v) is 7.52. The van der Waals surface area contributed by atoms with Gasteiger partial charge in [0.2, 0.25) is 0 Å². The lowest BCUT2D eigenvalue weighted by molar-refractivity contribution is -0.127. The van der Waals surface area contributed by atoms with Gasteiger partial charge in [0.05, 0.1) is 12.7 Å². The van der Waals surface area contributed by atoms with Crippen molar-refractivity contribution in [3.8, 4) is 0 Å². The van der Waals surface area contributed by atoms with Crippen LogP contribution in [0.5, 0.6) is 0 Å². The van der Waals surface area contributed by atoms with Crippen molar-refractivity contribution in [2.45, 2.75) is 70.8 Å². The van der Waals surface area contributed by atoms with E-state index in [2.05, 4.69) is 13.0 Å². The molecule has 1 aliphatic rings. The zero-order valence-electron chi connectivity index (χ0n) is 16.6. The molecule has 0 radical (unpaired) electrons. The molecule has 5 heteroatoms. The monoisotopic (exact) mass is 380 g/mol. The van der Waals surface area contributed by atoms with Crippen molar-refractivity contribution in [2.75, 3.05) is 13.2 Å². The topological polar surface area (TPSA) is 94.8 Å². The second kappa shape index (κ2) is 13.8. The third-order valence-corrected chi connectivity index (χ3v) is 5.41. The molecule has 4 atom stereocenters. The molecule has 0 heterocycles. The number of ketones is 2. The summed E-state index contributed by atoms with van der Waals surface area (Å²) in [5, 5.41) is 27.9. The minimum atomic E-state index is -0.535. The van der Waals surface area contributed by atoms with E-state index < -0.39 is 12.5 Å². The van der Waals surface area contributed by atoms with Gasteiger partial charge in [-0.25, -0.2) is 0 Å². The van der Waals surface area contributed by atoms with E-state index in [-0.39, 0.29) is 30.3 Å². The molecule has 0 aromatic rings. The van der Waals surface area contributed by atoms with Crippen LogP contribution in [0.25, 0.3) is 0 Å². The lowest BCUT2D eigenvalue weighted by atomic mass is 9.91. The van der Waals surface area contributed by atoms with Crippen LogP contribution < -0.4 is 0 Å². The van der Waals surface area contributed by atoms with E-state index in [1.807, 2.05) is 18.2 Å². The summed E-state index contributed by atoms with van der Waals surface area (Å²) in [6, 6.07) is 0. The van der Waals surface area contributed by atoms with Crippen LogP contribution >= 0.6 is 0 Å². The van der Waals surface area contributed by atoms with Crippen molar-refractivity contribution >= 4 is 11.6 Å². The summed E-state index contributed by atoms with van der Waals surface area (Å²) in [5.41, 5.74) is 0. The highest BCUT2D eigenvalue weighted by Crippen LogP contribution is 2.33. The van der Waals surface area contributed by atoms with Crippen LogP contribution in [-0.4, -0.2) is 46.2 Å². The number of aliphatic hydroxyl groups is 3. The fraction of sp³-hybridized carbons (Fsp3) is 0.727. The highest BCUT2D eigenvalue weighted by atomic mass is 16.3. The van der Waals surface area contributed by atoms with E-state index in [1.54, 1.807) is 0 Å². The van der Waals surface area contributed by atoms with Crippen LogP contribution in [0.1, 0.15) is 64.7 Å². The maximum Gasteiger partial charge on any atom is 0.163 e. The molecule has 5 nitrogen and oxygen atoms in total. The van der Waals surface area contributed by atoms with Gasteiger partial charge in [0.15, 0.2) is 5.78 Å². The predicted molar refractivity (Wildman–Crippen MR) is 106 cm³/mol. The van der Waals surface area contributed by atoms with Gasteiger partial charge in [0.1, 0.15) is 12.4 Å². The van der Waals surface area contributed by atoms with Crippen molar-refractivity contribution in [3.05, 3.63) is 24.3 Å². The first-order valence-corrected chi connectivity index (χ1v) is 10.3. The molecule has 1 aliphatic carbocycles. The Morgan fingerprint density at radius 2 is 2.00 bits per heavy atom. The highest BCUT2D eigenvalue weighted by molar-refractivity contribution is 5.84. The van der Waals surface area contributed by atoms with Gasteiger partial charge >= 0.3 is 0 Å². The number of carbonyl (C=O) groups is 2. The van der Waals surface area contributed by atoms with Crippen molar-refractivity contribution in [1.29, 1.82) is 0 Å². The summed E-state index contributed by atoms with van der Waals surface area (Å²) >= 11 is 0. The van der Waals surface area contributed by atoms with Gasteiger partial charge < -0.3 is 15.3 Å². The van der Waals surface area contributed by atoms with Gasteiger partial charge in [0.25, 0.3) is 0 Å². The number of rotatable bonds is 14. The summed E-state index contributed by atoms with van der Waals surface area (Å²) in [6.07, 6.45) is 14.7. The SMILES string of the molecule is CCCCC(O)CC=C[C@H]1CCC(=O)[C@@H]1CC=CCCC(CO)C(=O)CO. The van der Waals surface area contributed by atoms with Crippen molar-refractivity contribution in [2.24, 2.45) is 17.8 Å². The Morgan fingerprint density at radius 1 is 1.22 bits per heavy atom. The summed E-state index contributed by atoms with van der Waals surface area (Å²) in [6.45, 7) is 1.33. The van der Waals surface area contributed by atoms with Crippen molar-refractivity contribution < 1.29 is 24.9 Å². The first-order valence-electron chi connectivity index (χ1n) is 10.3. The quantitative estimate of drug-likeness (QED) is 0.403. The lowest BCUT2D eigenvalue weighted by Crippen LogP contribution is -2.21. The molecule has 154 valence electrons. The van der Waals surface area contributed by atoms with Crippen LogP contribution in [0.3, 0.4) is 0 Å². The second-order valence-electron chi connectivity index (χ2n) is 7.52. The van der Waals surface area contributed by atoms with Gasteiger partial charge in [-0.2, -0.15) is 0 Å². The molecular weight excluding hydrogens is 344 g/mol. The van der Waals surface area contributed by atoms with E-state index in [9.17, 15) is 14.7 Å². The normalized spacial score (nSPS) is 22.7. The van der Waals surface area contributed by atoms with Crippen LogP contribution in [-0.2, 0) is 9.59 Å². The summed E-state index contributed by atoms with van der Waals surface area (Å²) < 4.78 is 0. The molecule has 3 N–H and O–H groups in total. The fourth-order valence-corrected chi connectivity index (χ4v) is 3.58. The van der Waals surface area contributed by atoms with E-state index in [0.29, 0.717) is 37.9 Å². The molecule has 0 spiro atoms. The Morgan fingerprint density at radius 3 is 2.67 bits per heavy atom. The molecule has 0 amide bonds. The number of carbonyl (C=O) groups excluding carboxylic acids is 2. The Labute approximate surface area is 163 Å². The van der Waals surface area contributed by atoms with E-state index in [4.69, 9.17) is 10.2 Å². The number of unbranched alkanes of at least 4 members (excludes halogenated alkanes) is 1. The molecule has 1 saturated carbocycles. The number of hydrogen-bond acceptors (Lipinski definition) is 5. The number of aliphatic hydroxyl groups excluding tert-OH is 3. The highest BCUT2D eigenvalue weighted by Gasteiger charge is 2.31. The van der Waals surface area contributed by atoms with E-state index in [0.717, 1.165) is 25.7 Å². The average molecular weight is 381 g/mol. The van der Waals surface area contributed by atoms with Crippen LogP contribution in [0.4, 0.5) is 0 Å². The summed E-state index contributed by atoms with van der Waals surface area (Å²) in [4.78, 5) is 23.6. The number of Topliss-reactive ketones (excluding diaryl/α,β-unsaturated/α-hetero) is 2. The van der Waals surface area contributed by atoms with Gasteiger partial charge in [0, 0.05) is 18.3 Å². The fourth-order valence-electron chi connectivity index (χ4n) is 3.58. The van der Waals surface area contributed by atoms with Crippen LogP contribution in [0.2, 0.25) is 0 Å². The standard InChI is InChI=1S/C22H36O5/c1-2-3-10-19(25)11-7-9-17-13-14-21(26)20(17)12-6-4-5-8-18(15-23)22(27)16-24/h4,6-7,9,17-20,23-25H,2-3,5,8,10-16H2,1H3/t17-,18?,19?,20+/m0/s1. The van der Waals surface area contributed by atoms with Gasteiger partial charge in [-0.05, 0) is 44.4 Å². The molecule has 0 aromatic heterocycles. The first-order chi connectivity index (χ1) is 13.0. The molecule has 1 rings (SSSR count). The third kappa shape index (κ3) is 8.96. The lowest BCUT2D eigenvalue weighted by Gasteiger charge is -2.13. The third-order valence-electron chi connectivity index (χ3n) is 5.41. The smallest absolute Gasteiger partial charge is 0.163 e. The summed E-state index contributed by atoms with van der Waals surface area (Å²) in [5.74, 6) is -0.310. The maximum atomic E-state index is 12.1. The summed E-state index contributed by atoms with van der Waals surface area (Å²) in [7, 11) is 0. The van der Waals surface area contributed by atoms with E-state index >= 15 is 0 Å². The van der Waals surface area contributed by atoms with Gasteiger partial charge in [-0.3, -0.25) is 9.59 Å². The molecule has 0 bridgehead atoms. The molecular formula is C22H36O5. The molecule has 1 fully saturated rings. The molecule has 0 saturated heterocycles.